The van der Waals surface area contributed by atoms with Crippen molar-refractivity contribution >= 4 is 16.8 Å². The van der Waals surface area contributed by atoms with Crippen molar-refractivity contribution in [3.05, 3.63) is 57.9 Å². The summed E-state index contributed by atoms with van der Waals surface area (Å²) in [5, 5.41) is 13.2. The van der Waals surface area contributed by atoms with Crippen LogP contribution in [0.1, 0.15) is 62.6 Å². The number of carbonyl (C=O) groups excluding carboxylic acids is 1. The average Bonchev–Trinajstić information content (AvgIpc) is 3.07. The zero-order valence-corrected chi connectivity index (χ0v) is 20.1. The fraction of sp³-hybridized carbons (Fsp3) is 0.462. The van der Waals surface area contributed by atoms with Crippen LogP contribution in [0.5, 0.6) is 5.75 Å². The molecule has 0 saturated heterocycles. The zero-order valence-electron chi connectivity index (χ0n) is 20.1. The molecule has 1 aliphatic rings. The lowest BCUT2D eigenvalue weighted by molar-refractivity contribution is 0.0855. The molecule has 0 bridgehead atoms. The number of carbonyl (C=O) groups is 1. The van der Waals surface area contributed by atoms with Gasteiger partial charge in [0.25, 0.3) is 11.5 Å². The van der Waals surface area contributed by atoms with Crippen molar-refractivity contribution in [1.82, 2.24) is 14.5 Å². The van der Waals surface area contributed by atoms with Crippen molar-refractivity contribution in [2.75, 3.05) is 0 Å². The van der Waals surface area contributed by atoms with E-state index in [-0.39, 0.29) is 41.3 Å². The number of rotatable bonds is 6. The van der Waals surface area contributed by atoms with Gasteiger partial charge in [-0.25, -0.2) is 4.39 Å². The highest BCUT2D eigenvalue weighted by molar-refractivity contribution is 6.04. The Morgan fingerprint density at radius 1 is 1.21 bits per heavy atom. The number of hydrogen-bond acceptors (Lipinski definition) is 4. The fourth-order valence-electron chi connectivity index (χ4n) is 4.73. The van der Waals surface area contributed by atoms with Crippen LogP contribution < -0.4 is 15.6 Å². The van der Waals surface area contributed by atoms with Gasteiger partial charge < -0.3 is 19.7 Å². The van der Waals surface area contributed by atoms with Crippen LogP contribution in [0.2, 0.25) is 0 Å². The van der Waals surface area contributed by atoms with E-state index in [9.17, 15) is 19.1 Å². The molecule has 2 aromatic heterocycles. The number of nitrogens with one attached hydrogen (secondary N) is 1. The molecule has 0 aliphatic heterocycles. The van der Waals surface area contributed by atoms with Crippen LogP contribution >= 0.6 is 0 Å². The maximum absolute atomic E-state index is 13.8. The molecule has 1 aromatic carbocycles. The quantitative estimate of drug-likeness (QED) is 0.574. The van der Waals surface area contributed by atoms with Gasteiger partial charge in [0.15, 0.2) is 11.4 Å². The van der Waals surface area contributed by atoms with E-state index in [1.807, 2.05) is 26.8 Å². The minimum Gasteiger partial charge on any atom is -0.488 e. The molecule has 34 heavy (non-hydrogen) atoms. The van der Waals surface area contributed by atoms with Crippen LogP contribution in [-0.4, -0.2) is 38.4 Å². The summed E-state index contributed by atoms with van der Waals surface area (Å²) in [4.78, 5) is 27.2. The van der Waals surface area contributed by atoms with E-state index < -0.39 is 0 Å². The lowest BCUT2D eigenvalue weighted by Gasteiger charge is -2.26. The number of aliphatic hydroxyl groups excluding tert-OH is 1. The molecule has 182 valence electrons. The number of aromatic nitrogens is 2. The maximum atomic E-state index is 13.8. The molecule has 0 atom stereocenters. The molecule has 8 heteroatoms. The van der Waals surface area contributed by atoms with Gasteiger partial charge in [0.2, 0.25) is 0 Å². The Hall–Kier alpha value is -3.13. The average molecular weight is 470 g/mol. The lowest BCUT2D eigenvalue weighted by Crippen LogP contribution is -2.39. The van der Waals surface area contributed by atoms with Crippen molar-refractivity contribution in [3.63, 3.8) is 0 Å². The molecule has 2 heterocycles. The van der Waals surface area contributed by atoms with Gasteiger partial charge in [0.1, 0.15) is 11.2 Å². The van der Waals surface area contributed by atoms with Crippen molar-refractivity contribution in [3.8, 4) is 11.4 Å². The van der Waals surface area contributed by atoms with E-state index in [0.717, 1.165) is 5.69 Å². The molecule has 3 aromatic rings. The number of hydrogen-bond donors (Lipinski definition) is 2. The van der Waals surface area contributed by atoms with Crippen molar-refractivity contribution < 1.29 is 19.0 Å². The third-order valence-electron chi connectivity index (χ3n) is 6.45. The Kier molecular flexibility index (Phi) is 6.79. The molecule has 2 N–H and O–H groups in total. The summed E-state index contributed by atoms with van der Waals surface area (Å²) in [6.07, 6.45) is 2.70. The second-order valence-electron chi connectivity index (χ2n) is 9.25. The highest BCUT2D eigenvalue weighted by atomic mass is 19.1. The molecular formula is C26H32FN3O4. The minimum absolute atomic E-state index is 0.0390. The number of pyridine rings is 1. The predicted octanol–water partition coefficient (Wildman–Crippen LogP) is 3.85. The highest BCUT2D eigenvalue weighted by Gasteiger charge is 2.29. The Morgan fingerprint density at radius 2 is 1.85 bits per heavy atom. The predicted molar refractivity (Wildman–Crippen MR) is 129 cm³/mol. The van der Waals surface area contributed by atoms with Crippen LogP contribution in [0.3, 0.4) is 0 Å². The van der Waals surface area contributed by atoms with Gasteiger partial charge >= 0.3 is 0 Å². The van der Waals surface area contributed by atoms with E-state index in [0.29, 0.717) is 54.4 Å². The number of aliphatic hydroxyl groups is 1. The molecule has 1 amide bonds. The minimum atomic E-state index is -0.381. The van der Waals surface area contributed by atoms with Gasteiger partial charge in [0, 0.05) is 24.5 Å². The summed E-state index contributed by atoms with van der Waals surface area (Å²) < 4.78 is 22.9. The number of ether oxygens (including phenoxy) is 1. The second kappa shape index (κ2) is 9.62. The number of benzene rings is 1. The van der Waals surface area contributed by atoms with Gasteiger partial charge in [-0.05, 0) is 76.3 Å². The summed E-state index contributed by atoms with van der Waals surface area (Å²) in [5.41, 5.74) is 1.89. The Morgan fingerprint density at radius 3 is 2.44 bits per heavy atom. The number of fused-ring (bicyclic) bond motifs is 1. The molecule has 1 fully saturated rings. The first-order chi connectivity index (χ1) is 16.2. The van der Waals surface area contributed by atoms with Crippen molar-refractivity contribution in [2.45, 2.75) is 71.1 Å². The summed E-state index contributed by atoms with van der Waals surface area (Å²) in [6, 6.07) is 7.63. The van der Waals surface area contributed by atoms with Crippen molar-refractivity contribution in [2.24, 2.45) is 7.05 Å². The summed E-state index contributed by atoms with van der Waals surface area (Å²) in [6.45, 7) is 5.64. The molecule has 1 saturated carbocycles. The second-order valence-corrected chi connectivity index (χ2v) is 9.25. The Labute approximate surface area is 198 Å². The summed E-state index contributed by atoms with van der Waals surface area (Å²) >= 11 is 0. The zero-order chi connectivity index (χ0) is 24.6. The van der Waals surface area contributed by atoms with Crippen LogP contribution in [0.4, 0.5) is 4.39 Å². The largest absolute Gasteiger partial charge is 0.488 e. The van der Waals surface area contributed by atoms with E-state index >= 15 is 0 Å². The van der Waals surface area contributed by atoms with E-state index in [1.165, 1.54) is 12.1 Å². The van der Waals surface area contributed by atoms with E-state index in [4.69, 9.17) is 4.74 Å². The molecule has 0 radical (unpaired) electrons. The lowest BCUT2D eigenvalue weighted by atomic mass is 9.93. The highest BCUT2D eigenvalue weighted by Crippen LogP contribution is 2.33. The number of halogens is 1. The molecular weight excluding hydrogens is 437 g/mol. The first-order valence-corrected chi connectivity index (χ1v) is 11.9. The smallest absolute Gasteiger partial charge is 0.272 e. The van der Waals surface area contributed by atoms with Crippen LogP contribution in [0.15, 0.2) is 35.1 Å². The third kappa shape index (κ3) is 4.46. The van der Waals surface area contributed by atoms with E-state index in [1.54, 1.807) is 28.3 Å². The van der Waals surface area contributed by atoms with Gasteiger partial charge in [-0.1, -0.05) is 6.92 Å². The molecule has 1 aliphatic carbocycles. The number of aryl methyl sites for hydroxylation is 2. The molecule has 0 unspecified atom stereocenters. The van der Waals surface area contributed by atoms with Gasteiger partial charge in [0.05, 0.1) is 17.7 Å². The standard InChI is InChI=1S/C26H32FN3O4/c1-5-18-14-21-22(26(33)30(18)19-10-6-16(27)7-11-19)24(34-15(2)3)23(29(21)4)25(32)28-17-8-12-20(31)13-9-17/h6-7,10-11,14-15,17,20,31H,5,8-9,12-13H2,1-4H3,(H,28,32)/t17-,20-. The summed E-state index contributed by atoms with van der Waals surface area (Å²) in [5.74, 6) is -0.431. The third-order valence-corrected chi connectivity index (χ3v) is 6.45. The van der Waals surface area contributed by atoms with E-state index in [2.05, 4.69) is 5.32 Å². The van der Waals surface area contributed by atoms with Crippen molar-refractivity contribution in [1.29, 1.82) is 0 Å². The Balaban J connectivity index is 1.89. The molecule has 7 nitrogen and oxygen atoms in total. The normalized spacial score (nSPS) is 18.4. The monoisotopic (exact) mass is 469 g/mol. The van der Waals surface area contributed by atoms with Crippen LogP contribution in [-0.2, 0) is 13.5 Å². The topological polar surface area (TPSA) is 85.5 Å². The van der Waals surface area contributed by atoms with Gasteiger partial charge in [-0.2, -0.15) is 0 Å². The molecule has 0 spiro atoms. The van der Waals surface area contributed by atoms with Crippen LogP contribution in [0.25, 0.3) is 16.6 Å². The SMILES string of the molecule is CCc1cc2c(c(OC(C)C)c(C(=O)N[C@H]3CC[C@H](O)CC3)n2C)c(=O)n1-c1ccc(F)cc1. The Bertz CT molecular complexity index is 1250. The van der Waals surface area contributed by atoms with Gasteiger partial charge in [-0.3, -0.25) is 14.2 Å². The fourth-order valence-corrected chi connectivity index (χ4v) is 4.73. The molecule has 4 rings (SSSR count). The first-order valence-electron chi connectivity index (χ1n) is 11.9. The maximum Gasteiger partial charge on any atom is 0.272 e. The first kappa shape index (κ1) is 24.0. The number of nitrogens with zero attached hydrogens (tertiary/aromatic N) is 2. The van der Waals surface area contributed by atoms with Gasteiger partial charge in [-0.15, -0.1) is 0 Å². The summed E-state index contributed by atoms with van der Waals surface area (Å²) in [7, 11) is 1.76. The number of amides is 1. The van der Waals surface area contributed by atoms with Crippen LogP contribution in [0, 0.1) is 5.82 Å².